The molecule has 0 saturated carbocycles. The van der Waals surface area contributed by atoms with Gasteiger partial charge in [0.2, 0.25) is 10.0 Å². The van der Waals surface area contributed by atoms with Crippen LogP contribution in [0.5, 0.6) is 0 Å². The maximum absolute atomic E-state index is 12.2. The minimum atomic E-state index is -3.28. The monoisotopic (exact) mass is 270 g/mol. The van der Waals surface area contributed by atoms with Crippen molar-refractivity contribution in [1.29, 1.82) is 0 Å². The van der Waals surface area contributed by atoms with Crippen molar-refractivity contribution >= 4 is 15.7 Å². The number of nitrogens with two attached hydrogens (primary N) is 1. The summed E-state index contributed by atoms with van der Waals surface area (Å²) in [5.74, 6) is 0.0878. The van der Waals surface area contributed by atoms with Crippen LogP contribution in [0.25, 0.3) is 0 Å². The number of nitrogens with zero attached hydrogens (tertiary/aromatic N) is 1. The highest BCUT2D eigenvalue weighted by Crippen LogP contribution is 2.27. The van der Waals surface area contributed by atoms with E-state index in [-0.39, 0.29) is 5.75 Å². The van der Waals surface area contributed by atoms with Gasteiger partial charge in [-0.15, -0.1) is 0 Å². The van der Waals surface area contributed by atoms with Gasteiger partial charge in [-0.25, -0.2) is 8.42 Å². The molecule has 1 aromatic rings. The number of hydrogen-bond acceptors (Lipinski definition) is 3. The first-order valence-electron chi connectivity index (χ1n) is 6.26. The number of anilines is 1. The Morgan fingerprint density at radius 3 is 2.44 bits per heavy atom. The zero-order valence-corrected chi connectivity index (χ0v) is 12.1. The fraction of sp³-hybridized carbons (Fsp3) is 0.538. The van der Waals surface area contributed by atoms with Crippen LogP contribution in [0.4, 0.5) is 5.69 Å². The third-order valence-electron chi connectivity index (χ3n) is 2.98. The van der Waals surface area contributed by atoms with Crippen LogP contribution in [0.2, 0.25) is 0 Å². The molecule has 1 aromatic carbocycles. The highest BCUT2D eigenvalue weighted by molar-refractivity contribution is 7.92. The second-order valence-corrected chi connectivity index (χ2v) is 6.38. The number of benzene rings is 1. The summed E-state index contributed by atoms with van der Waals surface area (Å²) in [6, 6.07) is 5.86. The van der Waals surface area contributed by atoms with Crippen LogP contribution in [0.3, 0.4) is 0 Å². The number of sulfonamides is 1. The normalized spacial score (nSPS) is 11.6. The van der Waals surface area contributed by atoms with Crippen molar-refractivity contribution in [3.8, 4) is 0 Å². The maximum Gasteiger partial charge on any atom is 0.234 e. The summed E-state index contributed by atoms with van der Waals surface area (Å²) >= 11 is 0. The van der Waals surface area contributed by atoms with Crippen molar-refractivity contribution < 1.29 is 8.42 Å². The summed E-state index contributed by atoms with van der Waals surface area (Å²) in [6.07, 6.45) is 0.803. The van der Waals surface area contributed by atoms with E-state index < -0.39 is 10.0 Å². The van der Waals surface area contributed by atoms with Gasteiger partial charge in [0.25, 0.3) is 0 Å². The minimum absolute atomic E-state index is 0.0878. The Morgan fingerprint density at radius 1 is 1.28 bits per heavy atom. The van der Waals surface area contributed by atoms with Crippen LogP contribution in [0.15, 0.2) is 18.2 Å². The zero-order valence-electron chi connectivity index (χ0n) is 11.3. The Bertz CT molecular complexity index is 498. The molecule has 0 aliphatic heterocycles. The van der Waals surface area contributed by atoms with E-state index in [0.29, 0.717) is 13.1 Å². The van der Waals surface area contributed by atoms with Crippen LogP contribution in [0.1, 0.15) is 25.0 Å². The number of rotatable bonds is 6. The molecule has 0 unspecified atom stereocenters. The number of hydrogen-bond donors (Lipinski definition) is 1. The van der Waals surface area contributed by atoms with E-state index >= 15 is 0 Å². The molecule has 0 atom stereocenters. The van der Waals surface area contributed by atoms with Crippen molar-refractivity contribution in [1.82, 2.24) is 0 Å². The summed E-state index contributed by atoms with van der Waals surface area (Å²) in [5, 5.41) is 0. The molecule has 4 nitrogen and oxygen atoms in total. The van der Waals surface area contributed by atoms with Crippen molar-refractivity contribution in [2.75, 3.05) is 23.1 Å². The summed E-state index contributed by atoms with van der Waals surface area (Å²) in [6.45, 7) is 6.26. The van der Waals surface area contributed by atoms with Gasteiger partial charge in [0.05, 0.1) is 11.4 Å². The smallest absolute Gasteiger partial charge is 0.234 e. The average molecular weight is 270 g/mol. The zero-order chi connectivity index (χ0) is 13.8. The molecule has 2 N–H and O–H groups in total. The molecule has 0 aromatic heterocycles. The lowest BCUT2D eigenvalue weighted by molar-refractivity contribution is 0.591. The van der Waals surface area contributed by atoms with Gasteiger partial charge >= 0.3 is 0 Å². The van der Waals surface area contributed by atoms with Gasteiger partial charge in [-0.05, 0) is 31.4 Å². The van der Waals surface area contributed by atoms with E-state index in [4.69, 9.17) is 5.73 Å². The van der Waals surface area contributed by atoms with Gasteiger partial charge in [0.1, 0.15) is 0 Å². The summed E-state index contributed by atoms with van der Waals surface area (Å²) in [4.78, 5) is 0. The largest absolute Gasteiger partial charge is 0.329 e. The Kier molecular flexibility index (Phi) is 5.16. The predicted molar refractivity (Wildman–Crippen MR) is 76.4 cm³/mol. The van der Waals surface area contributed by atoms with Crippen molar-refractivity contribution in [3.63, 3.8) is 0 Å². The predicted octanol–water partition coefficient (Wildman–Crippen LogP) is 1.67. The van der Waals surface area contributed by atoms with Gasteiger partial charge in [-0.3, -0.25) is 4.31 Å². The topological polar surface area (TPSA) is 63.4 Å². The van der Waals surface area contributed by atoms with Gasteiger partial charge in [0, 0.05) is 13.1 Å². The second kappa shape index (κ2) is 6.20. The molecule has 0 radical (unpaired) electrons. The first-order valence-corrected chi connectivity index (χ1v) is 7.87. The van der Waals surface area contributed by atoms with E-state index in [1.165, 1.54) is 4.31 Å². The van der Waals surface area contributed by atoms with Gasteiger partial charge in [-0.2, -0.15) is 0 Å². The quantitative estimate of drug-likeness (QED) is 0.855. The van der Waals surface area contributed by atoms with Crippen LogP contribution < -0.4 is 10.0 Å². The highest BCUT2D eigenvalue weighted by atomic mass is 32.2. The lowest BCUT2D eigenvalue weighted by atomic mass is 10.1. The van der Waals surface area contributed by atoms with Crippen LogP contribution in [-0.2, 0) is 16.4 Å². The molecule has 0 heterocycles. The first-order chi connectivity index (χ1) is 8.47. The summed E-state index contributed by atoms with van der Waals surface area (Å²) < 4.78 is 25.8. The van der Waals surface area contributed by atoms with Crippen LogP contribution >= 0.6 is 0 Å². The van der Waals surface area contributed by atoms with Gasteiger partial charge < -0.3 is 5.73 Å². The molecule has 0 bridgehead atoms. The third-order valence-corrected chi connectivity index (χ3v) is 4.75. The lowest BCUT2D eigenvalue weighted by Crippen LogP contribution is -2.37. The van der Waals surface area contributed by atoms with E-state index in [1.54, 1.807) is 6.92 Å². The van der Waals surface area contributed by atoms with Crippen LogP contribution in [-0.4, -0.2) is 27.3 Å². The fourth-order valence-corrected chi connectivity index (χ4v) is 3.26. The molecule has 0 amide bonds. The molecule has 0 spiro atoms. The van der Waals surface area contributed by atoms with Crippen molar-refractivity contribution in [2.24, 2.45) is 5.73 Å². The van der Waals surface area contributed by atoms with E-state index in [1.807, 2.05) is 32.0 Å². The van der Waals surface area contributed by atoms with Crippen LogP contribution in [0, 0.1) is 6.92 Å². The highest BCUT2D eigenvalue weighted by Gasteiger charge is 2.23. The Balaban J connectivity index is 3.39. The molecule has 0 saturated heterocycles. The van der Waals surface area contributed by atoms with Gasteiger partial charge in [0.15, 0.2) is 0 Å². The molecule has 0 aliphatic rings. The summed E-state index contributed by atoms with van der Waals surface area (Å²) in [5.41, 5.74) is 8.37. The molecular formula is C13H22N2O2S. The molecule has 5 heteroatoms. The molecule has 18 heavy (non-hydrogen) atoms. The van der Waals surface area contributed by atoms with Crippen molar-refractivity contribution in [3.05, 3.63) is 29.3 Å². The Hall–Kier alpha value is -1.07. The van der Waals surface area contributed by atoms with E-state index in [9.17, 15) is 8.42 Å². The molecule has 1 rings (SSSR count). The first kappa shape index (κ1) is 15.0. The lowest BCUT2D eigenvalue weighted by Gasteiger charge is -2.27. The van der Waals surface area contributed by atoms with Crippen molar-refractivity contribution in [2.45, 2.75) is 27.2 Å². The molecule has 102 valence electrons. The number of para-hydroxylation sites is 1. The average Bonchev–Trinajstić information content (AvgIpc) is 2.36. The summed E-state index contributed by atoms with van der Waals surface area (Å²) in [7, 11) is -3.28. The minimum Gasteiger partial charge on any atom is -0.329 e. The molecule has 0 fully saturated rings. The fourth-order valence-electron chi connectivity index (χ4n) is 2.02. The number of aryl methyl sites for hydroxylation is 2. The Morgan fingerprint density at radius 2 is 1.94 bits per heavy atom. The van der Waals surface area contributed by atoms with Gasteiger partial charge in [-0.1, -0.05) is 25.1 Å². The third kappa shape index (κ3) is 3.03. The second-order valence-electron chi connectivity index (χ2n) is 4.20. The standard InChI is InChI=1S/C13H22N2O2S/c1-4-12-8-6-7-11(3)13(12)15(10-9-14)18(16,17)5-2/h6-8H,4-5,9-10,14H2,1-3H3. The SMILES string of the molecule is CCc1cccc(C)c1N(CCN)S(=O)(=O)CC. The van der Waals surface area contributed by atoms with E-state index in [0.717, 1.165) is 23.2 Å². The maximum atomic E-state index is 12.2. The molecule has 0 aliphatic carbocycles. The van der Waals surface area contributed by atoms with E-state index in [2.05, 4.69) is 0 Å². The molecular weight excluding hydrogens is 248 g/mol. The Labute approximate surface area is 110 Å².